The van der Waals surface area contributed by atoms with Crippen LogP contribution in [0.3, 0.4) is 0 Å². The van der Waals surface area contributed by atoms with Gasteiger partial charge in [-0.05, 0) is 30.2 Å². The highest BCUT2D eigenvalue weighted by molar-refractivity contribution is 6.44. The van der Waals surface area contributed by atoms with E-state index >= 15 is 0 Å². The highest BCUT2D eigenvalue weighted by atomic mass is 16.5. The Bertz CT molecular complexity index is 1040. The largest absolute Gasteiger partial charge is 0.479 e. The molecule has 0 fully saturated rings. The maximum atomic E-state index is 12.3. The maximum absolute atomic E-state index is 12.3. The zero-order valence-electron chi connectivity index (χ0n) is 15.3. The number of nitrogens with zero attached hydrogens (tertiary/aromatic N) is 1. The predicted octanol–water partition coefficient (Wildman–Crippen LogP) is 2.60. The Morgan fingerprint density at radius 2 is 1.86 bits per heavy atom. The monoisotopic (exact) mass is 380 g/mol. The van der Waals surface area contributed by atoms with Gasteiger partial charge in [-0.1, -0.05) is 37.3 Å². The first-order valence-corrected chi connectivity index (χ1v) is 8.81. The number of carbonyl (C=O) groups is 3. The van der Waals surface area contributed by atoms with Crippen molar-refractivity contribution in [2.24, 2.45) is 5.73 Å². The summed E-state index contributed by atoms with van der Waals surface area (Å²) in [4.78, 5) is 35.0. The molecule has 28 heavy (non-hydrogen) atoms. The second-order valence-electron chi connectivity index (χ2n) is 6.38. The number of nitrogens with two attached hydrogens (primary N) is 1. The molecule has 7 nitrogen and oxygen atoms in total. The number of aromatic nitrogens is 1. The Balaban J connectivity index is 2.07. The molecule has 7 heteroatoms. The van der Waals surface area contributed by atoms with E-state index in [2.05, 4.69) is 0 Å². The van der Waals surface area contributed by atoms with Gasteiger partial charge in [0.25, 0.3) is 11.7 Å². The molecular weight excluding hydrogens is 360 g/mol. The number of carbonyl (C=O) groups excluding carboxylic acids is 2. The highest BCUT2D eigenvalue weighted by Gasteiger charge is 2.22. The minimum Gasteiger partial charge on any atom is -0.479 e. The third-order valence-corrected chi connectivity index (χ3v) is 4.44. The summed E-state index contributed by atoms with van der Waals surface area (Å²) in [5, 5.41) is 9.67. The molecule has 0 aliphatic carbocycles. The van der Waals surface area contributed by atoms with Crippen molar-refractivity contribution in [1.82, 2.24) is 4.57 Å². The van der Waals surface area contributed by atoms with Crippen molar-refractivity contribution in [3.8, 4) is 5.75 Å². The quantitative estimate of drug-likeness (QED) is 0.461. The summed E-state index contributed by atoms with van der Waals surface area (Å²) >= 11 is 0. The molecule has 3 aromatic rings. The molecule has 1 amide bonds. The molecule has 0 bridgehead atoms. The summed E-state index contributed by atoms with van der Waals surface area (Å²) in [6.07, 6.45) is 0.873. The van der Waals surface area contributed by atoms with E-state index in [0.29, 0.717) is 23.2 Å². The molecular formula is C21H20N2O5. The van der Waals surface area contributed by atoms with Gasteiger partial charge in [-0.3, -0.25) is 9.59 Å². The minimum atomic E-state index is -1.07. The minimum absolute atomic E-state index is 0.159. The van der Waals surface area contributed by atoms with Crippen LogP contribution in [0, 0.1) is 0 Å². The Morgan fingerprint density at radius 3 is 2.46 bits per heavy atom. The lowest BCUT2D eigenvalue weighted by Crippen LogP contribution is -2.25. The van der Waals surface area contributed by atoms with Gasteiger partial charge >= 0.3 is 5.97 Å². The van der Waals surface area contributed by atoms with E-state index < -0.39 is 23.8 Å². The lowest BCUT2D eigenvalue weighted by Gasteiger charge is -2.13. The van der Waals surface area contributed by atoms with Gasteiger partial charge in [-0.15, -0.1) is 0 Å². The number of amides is 1. The first-order valence-electron chi connectivity index (χ1n) is 8.81. The van der Waals surface area contributed by atoms with Crippen molar-refractivity contribution >= 4 is 28.6 Å². The van der Waals surface area contributed by atoms with Gasteiger partial charge in [0.05, 0.1) is 5.56 Å². The van der Waals surface area contributed by atoms with Gasteiger partial charge in [0.2, 0.25) is 0 Å². The van der Waals surface area contributed by atoms with E-state index in [9.17, 15) is 19.5 Å². The van der Waals surface area contributed by atoms with E-state index in [4.69, 9.17) is 10.5 Å². The van der Waals surface area contributed by atoms with Crippen LogP contribution in [-0.2, 0) is 16.1 Å². The fraction of sp³-hybridized carbons (Fsp3) is 0.190. The smallest absolute Gasteiger partial charge is 0.344 e. The van der Waals surface area contributed by atoms with Crippen LogP contribution in [0.25, 0.3) is 10.9 Å². The van der Waals surface area contributed by atoms with E-state index in [0.717, 1.165) is 5.56 Å². The zero-order valence-corrected chi connectivity index (χ0v) is 15.3. The number of fused-ring (bicyclic) bond motifs is 1. The number of ketones is 1. The number of carboxylic acids is 1. The lowest BCUT2D eigenvalue weighted by atomic mass is 10.1. The maximum Gasteiger partial charge on any atom is 0.344 e. The van der Waals surface area contributed by atoms with Crippen LogP contribution in [0.5, 0.6) is 5.75 Å². The van der Waals surface area contributed by atoms with Crippen LogP contribution in [0.2, 0.25) is 0 Å². The molecule has 0 saturated heterocycles. The SMILES string of the molecule is CCC(Oc1ccc2c(c1)c(C(=O)C(N)=O)cn2Cc1ccccc1)C(=O)O. The Morgan fingerprint density at radius 1 is 1.14 bits per heavy atom. The van der Waals surface area contributed by atoms with E-state index in [-0.39, 0.29) is 12.0 Å². The molecule has 0 spiro atoms. The number of benzene rings is 2. The van der Waals surface area contributed by atoms with E-state index in [1.54, 1.807) is 31.3 Å². The summed E-state index contributed by atoms with van der Waals surface area (Å²) in [5.74, 6) is -2.63. The van der Waals surface area contributed by atoms with Gasteiger partial charge in [0, 0.05) is 23.6 Å². The first kappa shape index (κ1) is 19.2. The van der Waals surface area contributed by atoms with Crippen LogP contribution in [0.15, 0.2) is 54.7 Å². The second-order valence-corrected chi connectivity index (χ2v) is 6.38. The topological polar surface area (TPSA) is 112 Å². The normalized spacial score (nSPS) is 11.9. The number of hydrogen-bond donors (Lipinski definition) is 2. The standard InChI is InChI=1S/C21H20N2O5/c1-2-18(21(26)27)28-14-8-9-17-15(10-14)16(19(24)20(22)25)12-23(17)11-13-6-4-3-5-7-13/h3-10,12,18H,2,11H2,1H3,(H2,22,25)(H,26,27). The number of primary amides is 1. The molecule has 0 saturated carbocycles. The average Bonchev–Trinajstić information content (AvgIpc) is 3.03. The van der Waals surface area contributed by atoms with E-state index in [1.807, 2.05) is 34.9 Å². The van der Waals surface area contributed by atoms with Crippen molar-refractivity contribution in [3.63, 3.8) is 0 Å². The summed E-state index contributed by atoms with van der Waals surface area (Å²) in [6.45, 7) is 2.20. The van der Waals surface area contributed by atoms with Crippen LogP contribution < -0.4 is 10.5 Å². The Kier molecular flexibility index (Phi) is 5.44. The van der Waals surface area contributed by atoms with Crippen molar-refractivity contribution in [2.45, 2.75) is 26.0 Å². The first-order chi connectivity index (χ1) is 13.4. The zero-order chi connectivity index (χ0) is 20.3. The molecule has 0 radical (unpaired) electrons. The van der Waals surface area contributed by atoms with Crippen molar-refractivity contribution in [3.05, 3.63) is 65.9 Å². The van der Waals surface area contributed by atoms with E-state index in [1.165, 1.54) is 0 Å². The third-order valence-electron chi connectivity index (χ3n) is 4.44. The van der Waals surface area contributed by atoms with Crippen LogP contribution in [-0.4, -0.2) is 33.4 Å². The van der Waals surface area contributed by atoms with Gasteiger partial charge in [-0.25, -0.2) is 4.79 Å². The van der Waals surface area contributed by atoms with Crippen LogP contribution >= 0.6 is 0 Å². The molecule has 0 aliphatic rings. The van der Waals surface area contributed by atoms with Crippen molar-refractivity contribution < 1.29 is 24.2 Å². The predicted molar refractivity (Wildman–Crippen MR) is 103 cm³/mol. The Labute approximate surface area is 161 Å². The number of aliphatic carboxylic acids is 1. The number of ether oxygens (including phenoxy) is 1. The fourth-order valence-electron chi connectivity index (χ4n) is 3.05. The number of Topliss-reactive ketones (excluding diaryl/α,β-unsaturated/α-hetero) is 1. The van der Waals surface area contributed by atoms with Gasteiger partial charge < -0.3 is 20.1 Å². The molecule has 1 heterocycles. The van der Waals surface area contributed by atoms with Gasteiger partial charge in [-0.2, -0.15) is 0 Å². The van der Waals surface area contributed by atoms with Crippen molar-refractivity contribution in [1.29, 1.82) is 0 Å². The molecule has 1 atom stereocenters. The summed E-state index contributed by atoms with van der Waals surface area (Å²) in [7, 11) is 0. The molecule has 1 aromatic heterocycles. The summed E-state index contributed by atoms with van der Waals surface area (Å²) in [5.41, 5.74) is 7.09. The van der Waals surface area contributed by atoms with Gasteiger partial charge in [0.1, 0.15) is 5.75 Å². The fourth-order valence-corrected chi connectivity index (χ4v) is 3.05. The summed E-state index contributed by atoms with van der Waals surface area (Å²) in [6, 6.07) is 14.6. The lowest BCUT2D eigenvalue weighted by molar-refractivity contribution is -0.145. The number of carboxylic acid groups (broad SMARTS) is 1. The molecule has 0 aliphatic heterocycles. The third kappa shape index (κ3) is 3.88. The molecule has 3 rings (SSSR count). The Hall–Kier alpha value is -3.61. The number of hydrogen-bond acceptors (Lipinski definition) is 4. The number of rotatable bonds is 8. The van der Waals surface area contributed by atoms with Crippen LogP contribution in [0.4, 0.5) is 0 Å². The highest BCUT2D eigenvalue weighted by Crippen LogP contribution is 2.28. The molecule has 144 valence electrons. The second kappa shape index (κ2) is 7.96. The average molecular weight is 380 g/mol. The van der Waals surface area contributed by atoms with Crippen molar-refractivity contribution in [2.75, 3.05) is 0 Å². The molecule has 2 aromatic carbocycles. The molecule has 1 unspecified atom stereocenters. The van der Waals surface area contributed by atoms with Crippen LogP contribution in [0.1, 0.15) is 29.3 Å². The summed E-state index contributed by atoms with van der Waals surface area (Å²) < 4.78 is 7.37. The van der Waals surface area contributed by atoms with Gasteiger partial charge in [0.15, 0.2) is 6.10 Å². The molecule has 3 N–H and O–H groups in total.